The van der Waals surface area contributed by atoms with Crippen molar-refractivity contribution >= 4 is 5.84 Å². The number of nitrogen functional groups attached to an aromatic ring is 1. The molecule has 0 saturated carbocycles. The van der Waals surface area contributed by atoms with Crippen molar-refractivity contribution in [1.82, 2.24) is 0 Å². The zero-order chi connectivity index (χ0) is 13.7. The zero-order valence-electron chi connectivity index (χ0n) is 10.7. The Morgan fingerprint density at radius 2 is 1.84 bits per heavy atom. The molecular weight excluding hydrogens is 240 g/mol. The molecule has 0 unspecified atom stereocenters. The Hall–Kier alpha value is -2.49. The van der Waals surface area contributed by atoms with Crippen LogP contribution in [0.3, 0.4) is 0 Å². The molecule has 4 heteroatoms. The van der Waals surface area contributed by atoms with Gasteiger partial charge >= 0.3 is 0 Å². The van der Waals surface area contributed by atoms with Crippen molar-refractivity contribution in [2.75, 3.05) is 7.11 Å². The van der Waals surface area contributed by atoms with Gasteiger partial charge in [-0.2, -0.15) is 0 Å². The zero-order valence-corrected chi connectivity index (χ0v) is 10.7. The number of nitrogens with two attached hydrogens (primary N) is 1. The predicted molar refractivity (Wildman–Crippen MR) is 74.8 cm³/mol. The van der Waals surface area contributed by atoms with Gasteiger partial charge in [-0.1, -0.05) is 36.4 Å². The fourth-order valence-electron chi connectivity index (χ4n) is 1.77. The van der Waals surface area contributed by atoms with Crippen LogP contribution in [0.5, 0.6) is 11.5 Å². The largest absolute Gasteiger partial charge is 0.493 e. The van der Waals surface area contributed by atoms with Crippen molar-refractivity contribution in [2.45, 2.75) is 6.61 Å². The summed E-state index contributed by atoms with van der Waals surface area (Å²) >= 11 is 0. The smallest absolute Gasteiger partial charge is 0.172 e. The van der Waals surface area contributed by atoms with Gasteiger partial charge in [-0.15, -0.1) is 0 Å². The van der Waals surface area contributed by atoms with Gasteiger partial charge in [0, 0.05) is 0 Å². The van der Waals surface area contributed by atoms with Crippen LogP contribution < -0.4 is 15.2 Å². The van der Waals surface area contributed by atoms with Gasteiger partial charge in [0.25, 0.3) is 0 Å². The quantitative estimate of drug-likeness (QED) is 0.638. The van der Waals surface area contributed by atoms with Crippen LogP contribution in [0.4, 0.5) is 0 Å². The molecule has 0 bridgehead atoms. The molecule has 0 aliphatic heterocycles. The van der Waals surface area contributed by atoms with Crippen LogP contribution in [-0.4, -0.2) is 12.9 Å². The van der Waals surface area contributed by atoms with Crippen LogP contribution in [0.25, 0.3) is 0 Å². The summed E-state index contributed by atoms with van der Waals surface area (Å²) in [5.74, 6) is 1.03. The minimum atomic E-state index is -0.0399. The summed E-state index contributed by atoms with van der Waals surface area (Å²) in [6, 6.07) is 15.1. The first-order valence-corrected chi connectivity index (χ1v) is 5.90. The first kappa shape index (κ1) is 13.0. The van der Waals surface area contributed by atoms with Gasteiger partial charge in [-0.25, -0.2) is 0 Å². The van der Waals surface area contributed by atoms with Crippen LogP contribution in [0.1, 0.15) is 11.1 Å². The SMILES string of the molecule is COc1cccc(C(=N)N)c1OCc1ccccc1. The van der Waals surface area contributed by atoms with E-state index < -0.39 is 0 Å². The second kappa shape index (κ2) is 5.91. The van der Waals surface area contributed by atoms with E-state index in [1.165, 1.54) is 0 Å². The van der Waals surface area contributed by atoms with Crippen LogP contribution in [0.15, 0.2) is 48.5 Å². The highest BCUT2D eigenvalue weighted by Gasteiger charge is 2.12. The molecule has 0 aromatic heterocycles. The van der Waals surface area contributed by atoms with Gasteiger partial charge in [0.2, 0.25) is 0 Å². The van der Waals surface area contributed by atoms with Gasteiger partial charge in [0.15, 0.2) is 11.5 Å². The maximum Gasteiger partial charge on any atom is 0.172 e. The number of amidine groups is 1. The minimum absolute atomic E-state index is 0.0399. The normalized spacial score (nSPS) is 9.95. The number of ether oxygens (including phenoxy) is 2. The predicted octanol–water partition coefficient (Wildman–Crippen LogP) is 2.56. The van der Waals surface area contributed by atoms with Gasteiger partial charge in [0.1, 0.15) is 12.4 Å². The number of hydrogen-bond donors (Lipinski definition) is 2. The second-order valence-electron chi connectivity index (χ2n) is 4.02. The lowest BCUT2D eigenvalue weighted by molar-refractivity contribution is 0.284. The molecule has 98 valence electrons. The molecule has 0 amide bonds. The molecule has 0 aliphatic carbocycles. The molecule has 2 aromatic carbocycles. The lowest BCUT2D eigenvalue weighted by Crippen LogP contribution is -2.13. The van der Waals surface area contributed by atoms with Gasteiger partial charge in [-0.05, 0) is 17.7 Å². The molecule has 4 nitrogen and oxygen atoms in total. The van der Waals surface area contributed by atoms with Crippen molar-refractivity contribution in [3.63, 3.8) is 0 Å². The summed E-state index contributed by atoms with van der Waals surface area (Å²) < 4.78 is 11.0. The van der Waals surface area contributed by atoms with E-state index in [0.29, 0.717) is 23.7 Å². The Morgan fingerprint density at radius 1 is 1.11 bits per heavy atom. The Labute approximate surface area is 112 Å². The molecule has 0 fully saturated rings. The summed E-state index contributed by atoms with van der Waals surface area (Å²) in [7, 11) is 1.56. The van der Waals surface area contributed by atoms with Crippen molar-refractivity contribution in [2.24, 2.45) is 5.73 Å². The molecule has 0 aliphatic rings. The van der Waals surface area contributed by atoms with Crippen LogP contribution in [-0.2, 0) is 6.61 Å². The summed E-state index contributed by atoms with van der Waals surface area (Å²) in [6.45, 7) is 0.404. The first-order chi connectivity index (χ1) is 9.22. The topological polar surface area (TPSA) is 68.3 Å². The molecular formula is C15H16N2O2. The van der Waals surface area contributed by atoms with E-state index in [1.54, 1.807) is 25.3 Å². The van der Waals surface area contributed by atoms with Crippen molar-refractivity contribution in [1.29, 1.82) is 5.41 Å². The highest BCUT2D eigenvalue weighted by molar-refractivity contribution is 5.98. The van der Waals surface area contributed by atoms with Crippen molar-refractivity contribution in [3.8, 4) is 11.5 Å². The molecule has 0 radical (unpaired) electrons. The lowest BCUT2D eigenvalue weighted by Gasteiger charge is -2.14. The van der Waals surface area contributed by atoms with E-state index in [0.717, 1.165) is 5.56 Å². The van der Waals surface area contributed by atoms with E-state index in [2.05, 4.69) is 0 Å². The maximum atomic E-state index is 7.57. The molecule has 0 atom stereocenters. The third-order valence-corrected chi connectivity index (χ3v) is 2.71. The highest BCUT2D eigenvalue weighted by atomic mass is 16.5. The Morgan fingerprint density at radius 3 is 2.47 bits per heavy atom. The fraction of sp³-hybridized carbons (Fsp3) is 0.133. The Bertz CT molecular complexity index is 568. The van der Waals surface area contributed by atoms with E-state index in [1.807, 2.05) is 30.3 Å². The standard InChI is InChI=1S/C15H16N2O2/c1-18-13-9-5-8-12(15(16)17)14(13)19-10-11-6-3-2-4-7-11/h2-9H,10H2,1H3,(H3,16,17). The number of para-hydroxylation sites is 1. The van der Waals surface area contributed by atoms with Gasteiger partial charge in [-0.3, -0.25) is 5.41 Å². The van der Waals surface area contributed by atoms with E-state index in [9.17, 15) is 0 Å². The van der Waals surface area contributed by atoms with Gasteiger partial charge < -0.3 is 15.2 Å². The van der Waals surface area contributed by atoms with E-state index >= 15 is 0 Å². The molecule has 2 rings (SSSR count). The molecule has 19 heavy (non-hydrogen) atoms. The molecule has 3 N–H and O–H groups in total. The van der Waals surface area contributed by atoms with Crippen molar-refractivity contribution in [3.05, 3.63) is 59.7 Å². The number of methoxy groups -OCH3 is 1. The van der Waals surface area contributed by atoms with Crippen LogP contribution >= 0.6 is 0 Å². The fourth-order valence-corrected chi connectivity index (χ4v) is 1.77. The highest BCUT2D eigenvalue weighted by Crippen LogP contribution is 2.31. The Balaban J connectivity index is 2.25. The maximum absolute atomic E-state index is 7.57. The van der Waals surface area contributed by atoms with Crippen LogP contribution in [0.2, 0.25) is 0 Å². The second-order valence-corrected chi connectivity index (χ2v) is 4.02. The van der Waals surface area contributed by atoms with E-state index in [-0.39, 0.29) is 5.84 Å². The average molecular weight is 256 g/mol. The Kier molecular flexibility index (Phi) is 4.03. The first-order valence-electron chi connectivity index (χ1n) is 5.90. The number of rotatable bonds is 5. The van der Waals surface area contributed by atoms with Crippen molar-refractivity contribution < 1.29 is 9.47 Å². The van der Waals surface area contributed by atoms with E-state index in [4.69, 9.17) is 20.6 Å². The summed E-state index contributed by atoms with van der Waals surface area (Å²) in [4.78, 5) is 0. The summed E-state index contributed by atoms with van der Waals surface area (Å²) in [6.07, 6.45) is 0. The molecule has 0 saturated heterocycles. The number of hydrogen-bond acceptors (Lipinski definition) is 3. The molecule has 2 aromatic rings. The summed E-state index contributed by atoms with van der Waals surface area (Å²) in [5, 5.41) is 7.57. The third-order valence-electron chi connectivity index (χ3n) is 2.71. The average Bonchev–Trinajstić information content (AvgIpc) is 2.45. The van der Waals surface area contributed by atoms with Gasteiger partial charge in [0.05, 0.1) is 12.7 Å². The lowest BCUT2D eigenvalue weighted by atomic mass is 10.1. The summed E-state index contributed by atoms with van der Waals surface area (Å²) in [5.41, 5.74) is 7.14. The molecule has 0 spiro atoms. The number of benzene rings is 2. The van der Waals surface area contributed by atoms with Crippen LogP contribution in [0, 0.1) is 5.41 Å². The third kappa shape index (κ3) is 3.04. The minimum Gasteiger partial charge on any atom is -0.493 e. The number of nitrogens with one attached hydrogen (secondary N) is 1. The molecule has 0 heterocycles. The monoisotopic (exact) mass is 256 g/mol.